The molecule has 1 saturated carbocycles. The summed E-state index contributed by atoms with van der Waals surface area (Å²) in [6, 6.07) is 12.2. The quantitative estimate of drug-likeness (QED) is 0.803. The number of aromatic nitrogens is 2. The van der Waals surface area contributed by atoms with Crippen LogP contribution in [-0.2, 0) is 11.2 Å². The summed E-state index contributed by atoms with van der Waals surface area (Å²) in [7, 11) is 0. The van der Waals surface area contributed by atoms with Crippen molar-refractivity contribution in [1.29, 1.82) is 0 Å². The Balaban J connectivity index is 1.45. The number of rotatable bonds is 6. The third-order valence-electron chi connectivity index (χ3n) is 5.29. The van der Waals surface area contributed by atoms with E-state index in [1.807, 2.05) is 11.0 Å². The molecule has 2 aliphatic rings. The van der Waals surface area contributed by atoms with Gasteiger partial charge in [-0.1, -0.05) is 30.3 Å². The lowest BCUT2D eigenvalue weighted by Crippen LogP contribution is -2.48. The van der Waals surface area contributed by atoms with Gasteiger partial charge >= 0.3 is 0 Å². The standard InChI is InChI=1S/C21H25N3O2/c25-21(20-22-10-4-11-23-20)24-12-9-19(26-15-17-7-8-17)18(14-24)13-16-5-2-1-3-6-16/h1-6,10-11,17-19H,7-9,12-15H2/t18-,19+/m0/s1. The summed E-state index contributed by atoms with van der Waals surface area (Å²) in [6.45, 7) is 2.27. The third kappa shape index (κ3) is 4.28. The van der Waals surface area contributed by atoms with E-state index in [9.17, 15) is 4.79 Å². The second kappa shape index (κ2) is 7.96. The first-order chi connectivity index (χ1) is 12.8. The summed E-state index contributed by atoms with van der Waals surface area (Å²) < 4.78 is 6.26. The molecule has 1 aliphatic heterocycles. The third-order valence-corrected chi connectivity index (χ3v) is 5.29. The summed E-state index contributed by atoms with van der Waals surface area (Å²) >= 11 is 0. The lowest BCUT2D eigenvalue weighted by atomic mass is 9.88. The summed E-state index contributed by atoms with van der Waals surface area (Å²) in [5.41, 5.74) is 1.29. The van der Waals surface area contributed by atoms with Crippen LogP contribution in [0.25, 0.3) is 0 Å². The lowest BCUT2D eigenvalue weighted by molar-refractivity contribution is -0.0328. The molecule has 26 heavy (non-hydrogen) atoms. The van der Waals surface area contributed by atoms with Crippen LogP contribution in [0.5, 0.6) is 0 Å². The van der Waals surface area contributed by atoms with Crippen molar-refractivity contribution < 1.29 is 9.53 Å². The molecule has 0 radical (unpaired) electrons. The molecule has 0 spiro atoms. The molecule has 1 aliphatic carbocycles. The zero-order valence-corrected chi connectivity index (χ0v) is 15.0. The van der Waals surface area contributed by atoms with Gasteiger partial charge in [0, 0.05) is 38.0 Å². The number of nitrogens with zero attached hydrogens (tertiary/aromatic N) is 3. The van der Waals surface area contributed by atoms with Gasteiger partial charge in [0.15, 0.2) is 0 Å². The summed E-state index contributed by atoms with van der Waals surface area (Å²) in [6.07, 6.45) is 7.85. The molecular weight excluding hydrogens is 326 g/mol. The van der Waals surface area contributed by atoms with Crippen molar-refractivity contribution in [3.8, 4) is 0 Å². The van der Waals surface area contributed by atoms with E-state index in [1.54, 1.807) is 18.5 Å². The van der Waals surface area contributed by atoms with Crippen molar-refractivity contribution in [2.75, 3.05) is 19.7 Å². The fourth-order valence-electron chi connectivity index (χ4n) is 3.62. The molecule has 0 N–H and O–H groups in total. The second-order valence-electron chi connectivity index (χ2n) is 7.38. The minimum Gasteiger partial charge on any atom is -0.377 e. The van der Waals surface area contributed by atoms with E-state index in [0.717, 1.165) is 25.4 Å². The maximum atomic E-state index is 12.7. The fourth-order valence-corrected chi connectivity index (χ4v) is 3.62. The Hall–Kier alpha value is -2.27. The summed E-state index contributed by atoms with van der Waals surface area (Å²) in [5.74, 6) is 1.26. The van der Waals surface area contributed by atoms with E-state index in [-0.39, 0.29) is 17.8 Å². The molecule has 1 aromatic heterocycles. The van der Waals surface area contributed by atoms with Gasteiger partial charge in [-0.25, -0.2) is 9.97 Å². The van der Waals surface area contributed by atoms with E-state index < -0.39 is 0 Å². The Morgan fingerprint density at radius 3 is 2.58 bits per heavy atom. The number of hydrogen-bond acceptors (Lipinski definition) is 4. The van der Waals surface area contributed by atoms with Gasteiger partial charge in [-0.15, -0.1) is 0 Å². The first-order valence-corrected chi connectivity index (χ1v) is 9.51. The fraction of sp³-hybridized carbons (Fsp3) is 0.476. The molecule has 5 heteroatoms. The van der Waals surface area contributed by atoms with Crippen molar-refractivity contribution in [2.45, 2.75) is 31.8 Å². The van der Waals surface area contributed by atoms with Crippen LogP contribution in [0.2, 0.25) is 0 Å². The number of carbonyl (C=O) groups is 1. The topological polar surface area (TPSA) is 55.3 Å². The van der Waals surface area contributed by atoms with Crippen molar-refractivity contribution >= 4 is 5.91 Å². The van der Waals surface area contributed by atoms with Crippen molar-refractivity contribution in [1.82, 2.24) is 14.9 Å². The zero-order valence-electron chi connectivity index (χ0n) is 15.0. The van der Waals surface area contributed by atoms with Crippen LogP contribution in [-0.4, -0.2) is 46.6 Å². The number of carbonyl (C=O) groups excluding carboxylic acids is 1. The van der Waals surface area contributed by atoms with E-state index in [2.05, 4.69) is 34.2 Å². The number of piperidine rings is 1. The highest BCUT2D eigenvalue weighted by molar-refractivity contribution is 5.90. The minimum absolute atomic E-state index is 0.0793. The highest BCUT2D eigenvalue weighted by Gasteiger charge is 2.34. The molecule has 2 aromatic rings. The molecule has 2 atom stereocenters. The zero-order chi connectivity index (χ0) is 17.8. The second-order valence-corrected chi connectivity index (χ2v) is 7.38. The Kier molecular flexibility index (Phi) is 5.25. The highest BCUT2D eigenvalue weighted by Crippen LogP contribution is 2.32. The van der Waals surface area contributed by atoms with Crippen molar-refractivity contribution in [2.24, 2.45) is 11.8 Å². The number of ether oxygens (including phenoxy) is 1. The normalized spacial score (nSPS) is 23.0. The van der Waals surface area contributed by atoms with Gasteiger partial charge in [-0.3, -0.25) is 4.79 Å². The van der Waals surface area contributed by atoms with E-state index in [4.69, 9.17) is 4.74 Å². The van der Waals surface area contributed by atoms with Crippen molar-refractivity contribution in [3.05, 3.63) is 60.2 Å². The van der Waals surface area contributed by atoms with Gasteiger partial charge in [0.05, 0.1) is 6.10 Å². The number of hydrogen-bond donors (Lipinski definition) is 0. The highest BCUT2D eigenvalue weighted by atomic mass is 16.5. The minimum atomic E-state index is -0.0793. The molecule has 4 rings (SSSR count). The van der Waals surface area contributed by atoms with E-state index >= 15 is 0 Å². The predicted molar refractivity (Wildman–Crippen MR) is 98.7 cm³/mol. The van der Waals surface area contributed by atoms with Crippen LogP contribution in [0.15, 0.2) is 48.8 Å². The van der Waals surface area contributed by atoms with Crippen LogP contribution in [0.3, 0.4) is 0 Å². The first kappa shape index (κ1) is 17.2. The maximum Gasteiger partial charge on any atom is 0.291 e. The monoisotopic (exact) mass is 351 g/mol. The van der Waals surface area contributed by atoms with Crippen LogP contribution >= 0.6 is 0 Å². The molecule has 136 valence electrons. The molecule has 5 nitrogen and oxygen atoms in total. The Morgan fingerprint density at radius 1 is 1.08 bits per heavy atom. The predicted octanol–water partition coefficient (Wildman–Crippen LogP) is 2.98. The van der Waals surface area contributed by atoms with Crippen LogP contribution < -0.4 is 0 Å². The largest absolute Gasteiger partial charge is 0.377 e. The molecule has 1 saturated heterocycles. The Morgan fingerprint density at radius 2 is 1.85 bits per heavy atom. The molecule has 1 amide bonds. The molecule has 2 heterocycles. The number of likely N-dealkylation sites (tertiary alicyclic amines) is 1. The summed E-state index contributed by atoms with van der Waals surface area (Å²) in [4.78, 5) is 22.9. The maximum absolute atomic E-state index is 12.7. The van der Waals surface area contributed by atoms with E-state index in [1.165, 1.54) is 18.4 Å². The number of benzene rings is 1. The lowest BCUT2D eigenvalue weighted by Gasteiger charge is -2.38. The SMILES string of the molecule is O=C(c1ncccn1)N1CC[C@@H](OCC2CC2)[C@@H](Cc2ccccc2)C1. The van der Waals surface area contributed by atoms with Gasteiger partial charge in [0.25, 0.3) is 5.91 Å². The molecule has 0 bridgehead atoms. The Bertz CT molecular complexity index is 719. The van der Waals surface area contributed by atoms with Gasteiger partial charge in [-0.05, 0) is 43.2 Å². The summed E-state index contributed by atoms with van der Waals surface area (Å²) in [5, 5.41) is 0. The van der Waals surface area contributed by atoms with Gasteiger partial charge in [-0.2, -0.15) is 0 Å². The van der Waals surface area contributed by atoms with E-state index in [0.29, 0.717) is 19.0 Å². The smallest absolute Gasteiger partial charge is 0.291 e. The average molecular weight is 351 g/mol. The molecule has 1 aromatic carbocycles. The first-order valence-electron chi connectivity index (χ1n) is 9.51. The van der Waals surface area contributed by atoms with Crippen molar-refractivity contribution in [3.63, 3.8) is 0 Å². The average Bonchev–Trinajstić information content (AvgIpc) is 3.52. The van der Waals surface area contributed by atoms with Gasteiger partial charge in [0.2, 0.25) is 5.82 Å². The molecule has 2 fully saturated rings. The molecule has 0 unspecified atom stereocenters. The van der Waals surface area contributed by atoms with Gasteiger partial charge in [0.1, 0.15) is 0 Å². The Labute approximate surface area is 154 Å². The van der Waals surface area contributed by atoms with Crippen LogP contribution in [0.1, 0.15) is 35.4 Å². The number of amides is 1. The molecular formula is C21H25N3O2. The van der Waals surface area contributed by atoms with Crippen LogP contribution in [0.4, 0.5) is 0 Å². The van der Waals surface area contributed by atoms with Gasteiger partial charge < -0.3 is 9.64 Å². The van der Waals surface area contributed by atoms with Crippen LogP contribution in [0, 0.1) is 11.8 Å².